The Morgan fingerprint density at radius 3 is 3.38 bits per heavy atom. The van der Waals surface area contributed by atoms with Gasteiger partial charge < -0.3 is 0 Å². The van der Waals surface area contributed by atoms with Gasteiger partial charge in [-0.1, -0.05) is 5.21 Å². The zero-order valence-corrected chi connectivity index (χ0v) is 7.87. The van der Waals surface area contributed by atoms with Gasteiger partial charge in [-0.25, -0.2) is 10.2 Å². The summed E-state index contributed by atoms with van der Waals surface area (Å²) in [7, 11) is 0. The van der Waals surface area contributed by atoms with Gasteiger partial charge in [0.1, 0.15) is 0 Å². The highest BCUT2D eigenvalue weighted by Gasteiger charge is 2.18. The van der Waals surface area contributed by atoms with Gasteiger partial charge in [-0.2, -0.15) is 0 Å². The minimum absolute atomic E-state index is 0.261. The van der Waals surface area contributed by atoms with E-state index in [-0.39, 0.29) is 6.04 Å². The largest absolute Gasteiger partial charge is 0.299 e. The van der Waals surface area contributed by atoms with Crippen LogP contribution in [0.15, 0.2) is 6.20 Å². The van der Waals surface area contributed by atoms with Crippen LogP contribution in [0.1, 0.15) is 11.7 Å². The third-order valence-electron chi connectivity index (χ3n) is 1.98. The van der Waals surface area contributed by atoms with Gasteiger partial charge in [0, 0.05) is 25.0 Å². The second kappa shape index (κ2) is 4.04. The maximum absolute atomic E-state index is 5.59. The van der Waals surface area contributed by atoms with Crippen LogP contribution in [0.2, 0.25) is 0 Å². The summed E-state index contributed by atoms with van der Waals surface area (Å²) in [5, 5.41) is 8.00. The molecule has 0 aromatic carbocycles. The molecular weight excluding hydrogens is 192 g/mol. The Morgan fingerprint density at radius 2 is 2.69 bits per heavy atom. The summed E-state index contributed by atoms with van der Waals surface area (Å²) in [6.45, 7) is 1.42. The molecule has 0 bridgehead atoms. The SMILES string of the molecule is ClCCc1cn([C@H]2CNOC2)nn1. The van der Waals surface area contributed by atoms with Gasteiger partial charge in [0.15, 0.2) is 0 Å². The van der Waals surface area contributed by atoms with E-state index in [0.717, 1.165) is 18.7 Å². The van der Waals surface area contributed by atoms with E-state index in [1.54, 1.807) is 0 Å². The molecule has 0 saturated carbocycles. The van der Waals surface area contributed by atoms with E-state index < -0.39 is 0 Å². The number of nitrogens with one attached hydrogen (secondary N) is 1. The molecular formula is C7H11ClN4O. The number of nitrogens with zero attached hydrogens (tertiary/aromatic N) is 3. The zero-order chi connectivity index (χ0) is 9.10. The first-order chi connectivity index (χ1) is 6.40. The number of hydrogen-bond acceptors (Lipinski definition) is 4. The summed E-state index contributed by atoms with van der Waals surface area (Å²) in [5.74, 6) is 0.581. The molecule has 0 unspecified atom stereocenters. The van der Waals surface area contributed by atoms with Crippen molar-refractivity contribution in [2.24, 2.45) is 0 Å². The van der Waals surface area contributed by atoms with Crippen LogP contribution in [0.4, 0.5) is 0 Å². The molecule has 0 amide bonds. The van der Waals surface area contributed by atoms with Crippen molar-refractivity contribution in [1.82, 2.24) is 20.5 Å². The first kappa shape index (κ1) is 8.93. The molecule has 1 N–H and O–H groups in total. The van der Waals surface area contributed by atoms with Crippen LogP contribution in [-0.4, -0.2) is 34.0 Å². The molecule has 2 rings (SSSR count). The molecule has 1 fully saturated rings. The highest BCUT2D eigenvalue weighted by Crippen LogP contribution is 2.09. The van der Waals surface area contributed by atoms with Crippen molar-refractivity contribution in [1.29, 1.82) is 0 Å². The van der Waals surface area contributed by atoms with Crippen LogP contribution in [0.25, 0.3) is 0 Å². The second-order valence-corrected chi connectivity index (χ2v) is 3.32. The van der Waals surface area contributed by atoms with E-state index in [4.69, 9.17) is 16.4 Å². The van der Waals surface area contributed by atoms with Crippen LogP contribution in [0, 0.1) is 0 Å². The second-order valence-electron chi connectivity index (χ2n) is 2.94. The van der Waals surface area contributed by atoms with Crippen molar-refractivity contribution in [3.8, 4) is 0 Å². The molecule has 1 aliphatic heterocycles. The minimum atomic E-state index is 0.261. The van der Waals surface area contributed by atoms with Gasteiger partial charge in [-0.05, 0) is 0 Å². The van der Waals surface area contributed by atoms with Gasteiger partial charge >= 0.3 is 0 Å². The highest BCUT2D eigenvalue weighted by molar-refractivity contribution is 6.17. The monoisotopic (exact) mass is 202 g/mol. The topological polar surface area (TPSA) is 52.0 Å². The predicted molar refractivity (Wildman–Crippen MR) is 47.4 cm³/mol. The molecule has 72 valence electrons. The van der Waals surface area contributed by atoms with E-state index in [2.05, 4.69) is 15.8 Å². The van der Waals surface area contributed by atoms with Crippen LogP contribution >= 0.6 is 11.6 Å². The van der Waals surface area contributed by atoms with Crippen LogP contribution in [0.5, 0.6) is 0 Å². The smallest absolute Gasteiger partial charge is 0.0937 e. The fourth-order valence-electron chi connectivity index (χ4n) is 1.24. The van der Waals surface area contributed by atoms with Crippen LogP contribution in [0.3, 0.4) is 0 Å². The standard InChI is InChI=1S/C7H11ClN4O/c8-2-1-6-4-12(11-10-6)7-3-9-13-5-7/h4,7,9H,1-3,5H2/t7-/m0/s1. The van der Waals surface area contributed by atoms with Gasteiger partial charge in [-0.3, -0.25) is 4.84 Å². The van der Waals surface area contributed by atoms with Crippen molar-refractivity contribution in [3.05, 3.63) is 11.9 Å². The lowest BCUT2D eigenvalue weighted by molar-refractivity contribution is 0.0968. The van der Waals surface area contributed by atoms with Crippen LogP contribution in [-0.2, 0) is 11.3 Å². The maximum Gasteiger partial charge on any atom is 0.0937 e. The Labute approximate surface area is 81.0 Å². The first-order valence-electron chi connectivity index (χ1n) is 4.21. The first-order valence-corrected chi connectivity index (χ1v) is 4.75. The molecule has 1 saturated heterocycles. The quantitative estimate of drug-likeness (QED) is 0.709. The van der Waals surface area contributed by atoms with E-state index >= 15 is 0 Å². The summed E-state index contributed by atoms with van der Waals surface area (Å²) in [4.78, 5) is 5.02. The number of hydrogen-bond donors (Lipinski definition) is 1. The Bertz CT molecular complexity index is 271. The number of rotatable bonds is 3. The fraction of sp³-hybridized carbons (Fsp3) is 0.714. The van der Waals surface area contributed by atoms with E-state index in [9.17, 15) is 0 Å². The molecule has 6 heteroatoms. The van der Waals surface area contributed by atoms with Gasteiger partial charge in [0.05, 0.1) is 18.3 Å². The fourth-order valence-corrected chi connectivity index (χ4v) is 1.44. The lowest BCUT2D eigenvalue weighted by Crippen LogP contribution is -2.14. The Morgan fingerprint density at radius 1 is 1.77 bits per heavy atom. The summed E-state index contributed by atoms with van der Waals surface area (Å²) in [5.41, 5.74) is 3.73. The lowest BCUT2D eigenvalue weighted by Gasteiger charge is -2.03. The number of alkyl halides is 1. The van der Waals surface area contributed by atoms with Crippen molar-refractivity contribution in [3.63, 3.8) is 0 Å². The molecule has 5 nitrogen and oxygen atoms in total. The highest BCUT2D eigenvalue weighted by atomic mass is 35.5. The molecule has 1 atom stereocenters. The lowest BCUT2D eigenvalue weighted by atomic mass is 10.3. The number of aryl methyl sites for hydroxylation is 1. The summed E-state index contributed by atoms with van der Waals surface area (Å²) >= 11 is 5.59. The van der Waals surface area contributed by atoms with Gasteiger partial charge in [-0.15, -0.1) is 16.7 Å². The molecule has 1 aromatic rings. The minimum Gasteiger partial charge on any atom is -0.299 e. The Hall–Kier alpha value is -0.650. The Kier molecular flexibility index (Phi) is 2.77. The van der Waals surface area contributed by atoms with Gasteiger partial charge in [0.25, 0.3) is 0 Å². The number of hydroxylamine groups is 1. The van der Waals surface area contributed by atoms with E-state index in [1.165, 1.54) is 0 Å². The number of halogens is 1. The summed E-state index contributed by atoms with van der Waals surface area (Å²) in [6, 6.07) is 0.261. The molecule has 0 radical (unpaired) electrons. The molecule has 1 aliphatic rings. The average Bonchev–Trinajstić information content (AvgIpc) is 2.70. The number of aromatic nitrogens is 3. The average molecular weight is 203 g/mol. The van der Waals surface area contributed by atoms with Crippen molar-refractivity contribution < 1.29 is 4.84 Å². The normalized spacial score (nSPS) is 22.4. The molecule has 2 heterocycles. The van der Waals surface area contributed by atoms with Gasteiger partial charge in [0.2, 0.25) is 0 Å². The Balaban J connectivity index is 2.03. The van der Waals surface area contributed by atoms with E-state index in [1.807, 2.05) is 10.9 Å². The predicted octanol–water partition coefficient (Wildman–Crippen LogP) is 0.135. The summed E-state index contributed by atoms with van der Waals surface area (Å²) in [6.07, 6.45) is 2.69. The zero-order valence-electron chi connectivity index (χ0n) is 7.11. The molecule has 1 aromatic heterocycles. The third kappa shape index (κ3) is 1.99. The molecule has 0 spiro atoms. The molecule has 13 heavy (non-hydrogen) atoms. The van der Waals surface area contributed by atoms with Crippen molar-refractivity contribution >= 4 is 11.6 Å². The van der Waals surface area contributed by atoms with Crippen molar-refractivity contribution in [2.45, 2.75) is 12.5 Å². The maximum atomic E-state index is 5.59. The third-order valence-corrected chi connectivity index (χ3v) is 2.17. The van der Waals surface area contributed by atoms with Crippen molar-refractivity contribution in [2.75, 3.05) is 19.0 Å². The summed E-state index contributed by atoms with van der Waals surface area (Å²) < 4.78 is 1.82. The van der Waals surface area contributed by atoms with E-state index in [0.29, 0.717) is 12.5 Å². The van der Waals surface area contributed by atoms with Crippen LogP contribution < -0.4 is 5.48 Å². The molecule has 0 aliphatic carbocycles.